The zero-order valence-corrected chi connectivity index (χ0v) is 10.7. The molecular weight excluding hydrogens is 210 g/mol. The van der Waals surface area contributed by atoms with Crippen molar-refractivity contribution in [1.29, 1.82) is 0 Å². The molecule has 0 fully saturated rings. The summed E-state index contributed by atoms with van der Waals surface area (Å²) in [7, 11) is 0. The number of rotatable bonds is 10. The van der Waals surface area contributed by atoms with Crippen molar-refractivity contribution in [2.75, 3.05) is 31.1 Å². The maximum atomic E-state index is 10.2. The van der Waals surface area contributed by atoms with E-state index in [1.165, 1.54) is 0 Å². The van der Waals surface area contributed by atoms with Crippen LogP contribution < -0.4 is 0 Å². The molecule has 0 rings (SSSR count). The van der Waals surface area contributed by atoms with Crippen LogP contribution in [-0.4, -0.2) is 47.1 Å². The fourth-order valence-corrected chi connectivity index (χ4v) is 2.32. The minimum Gasteiger partial charge on any atom is -0.481 e. The highest BCUT2D eigenvalue weighted by molar-refractivity contribution is 7.99. The SMILES string of the molecule is CCN(CC)CCSCCCCC(=O)O. The van der Waals surface area contributed by atoms with Crippen molar-refractivity contribution in [1.82, 2.24) is 4.90 Å². The standard InChI is InChI=1S/C11H23NO2S/c1-3-12(4-2)8-10-15-9-6-5-7-11(13)14/h3-10H2,1-2H3,(H,13,14). The first-order chi connectivity index (χ1) is 7.20. The molecule has 0 radical (unpaired) electrons. The number of unbranched alkanes of at least 4 members (excludes halogenated alkanes) is 1. The van der Waals surface area contributed by atoms with Gasteiger partial charge in [0, 0.05) is 18.7 Å². The quantitative estimate of drug-likeness (QED) is 0.588. The van der Waals surface area contributed by atoms with E-state index in [-0.39, 0.29) is 0 Å². The summed E-state index contributed by atoms with van der Waals surface area (Å²) in [4.78, 5) is 12.6. The van der Waals surface area contributed by atoms with Gasteiger partial charge in [0.05, 0.1) is 0 Å². The number of nitrogens with zero attached hydrogens (tertiary/aromatic N) is 1. The summed E-state index contributed by atoms with van der Waals surface area (Å²) >= 11 is 1.93. The van der Waals surface area contributed by atoms with Crippen LogP contribution in [0.5, 0.6) is 0 Å². The molecule has 0 aromatic carbocycles. The summed E-state index contributed by atoms with van der Waals surface area (Å²) in [6.07, 6.45) is 2.15. The zero-order chi connectivity index (χ0) is 11.5. The zero-order valence-electron chi connectivity index (χ0n) is 9.87. The Hall–Kier alpha value is -0.220. The Morgan fingerprint density at radius 2 is 1.87 bits per heavy atom. The second kappa shape index (κ2) is 10.3. The van der Waals surface area contributed by atoms with Gasteiger partial charge in [0.15, 0.2) is 0 Å². The molecule has 0 saturated carbocycles. The Morgan fingerprint density at radius 3 is 2.40 bits per heavy atom. The van der Waals surface area contributed by atoms with E-state index < -0.39 is 5.97 Å². The topological polar surface area (TPSA) is 40.5 Å². The van der Waals surface area contributed by atoms with Gasteiger partial charge in [-0.25, -0.2) is 0 Å². The third kappa shape index (κ3) is 10.1. The third-order valence-electron chi connectivity index (χ3n) is 2.38. The number of aliphatic carboxylic acids is 1. The predicted octanol–water partition coefficient (Wildman–Crippen LogP) is 2.32. The molecule has 3 nitrogen and oxygen atoms in total. The smallest absolute Gasteiger partial charge is 0.303 e. The van der Waals surface area contributed by atoms with Gasteiger partial charge in [-0.2, -0.15) is 11.8 Å². The summed E-state index contributed by atoms with van der Waals surface area (Å²) in [5, 5.41) is 8.44. The van der Waals surface area contributed by atoms with Crippen LogP contribution in [0.4, 0.5) is 0 Å². The Bertz CT molecular complexity index is 161. The Morgan fingerprint density at radius 1 is 1.20 bits per heavy atom. The fraction of sp³-hybridized carbons (Fsp3) is 0.909. The van der Waals surface area contributed by atoms with Gasteiger partial charge < -0.3 is 10.0 Å². The van der Waals surface area contributed by atoms with Gasteiger partial charge in [-0.15, -0.1) is 0 Å². The summed E-state index contributed by atoms with van der Waals surface area (Å²) in [5.41, 5.74) is 0. The minimum atomic E-state index is -0.678. The van der Waals surface area contributed by atoms with Crippen LogP contribution in [0.1, 0.15) is 33.1 Å². The molecule has 0 unspecified atom stereocenters. The average Bonchev–Trinajstić information content (AvgIpc) is 2.22. The minimum absolute atomic E-state index is 0.316. The van der Waals surface area contributed by atoms with Gasteiger partial charge >= 0.3 is 5.97 Å². The molecule has 0 saturated heterocycles. The van der Waals surface area contributed by atoms with Crippen LogP contribution in [0, 0.1) is 0 Å². The molecule has 0 aromatic rings. The number of hydrogen-bond acceptors (Lipinski definition) is 3. The van der Waals surface area contributed by atoms with Crippen molar-refractivity contribution < 1.29 is 9.90 Å². The molecule has 4 heteroatoms. The predicted molar refractivity (Wildman–Crippen MR) is 66.6 cm³/mol. The fourth-order valence-electron chi connectivity index (χ4n) is 1.32. The number of carbonyl (C=O) groups is 1. The van der Waals surface area contributed by atoms with E-state index in [1.54, 1.807) is 0 Å². The molecule has 1 N–H and O–H groups in total. The number of hydrogen-bond donors (Lipinski definition) is 1. The van der Waals surface area contributed by atoms with Crippen molar-refractivity contribution in [2.24, 2.45) is 0 Å². The molecule has 0 aliphatic carbocycles. The van der Waals surface area contributed by atoms with E-state index in [2.05, 4.69) is 18.7 Å². The number of carboxylic acids is 1. The molecule has 0 aliphatic heterocycles. The molecule has 15 heavy (non-hydrogen) atoms. The normalized spacial score (nSPS) is 10.9. The van der Waals surface area contributed by atoms with E-state index in [1.807, 2.05) is 11.8 Å². The largest absolute Gasteiger partial charge is 0.481 e. The molecule has 0 amide bonds. The van der Waals surface area contributed by atoms with Gasteiger partial charge in [0.2, 0.25) is 0 Å². The molecule has 90 valence electrons. The molecule has 0 bridgehead atoms. The van der Waals surface area contributed by atoms with Crippen LogP contribution in [-0.2, 0) is 4.79 Å². The summed E-state index contributed by atoms with van der Waals surface area (Å²) < 4.78 is 0. The van der Waals surface area contributed by atoms with Crippen LogP contribution in [0.2, 0.25) is 0 Å². The molecule has 0 atom stereocenters. The monoisotopic (exact) mass is 233 g/mol. The van der Waals surface area contributed by atoms with Crippen LogP contribution in [0.3, 0.4) is 0 Å². The van der Waals surface area contributed by atoms with E-state index in [4.69, 9.17) is 5.11 Å². The van der Waals surface area contributed by atoms with Crippen molar-refractivity contribution in [3.8, 4) is 0 Å². The lowest BCUT2D eigenvalue weighted by atomic mass is 10.3. The highest BCUT2D eigenvalue weighted by Gasteiger charge is 1.99. The van der Waals surface area contributed by atoms with E-state index >= 15 is 0 Å². The number of thioether (sulfide) groups is 1. The first-order valence-electron chi connectivity index (χ1n) is 5.72. The lowest BCUT2D eigenvalue weighted by molar-refractivity contribution is -0.137. The number of carboxylic acid groups (broad SMARTS) is 1. The van der Waals surface area contributed by atoms with E-state index in [9.17, 15) is 4.79 Å². The van der Waals surface area contributed by atoms with Crippen molar-refractivity contribution in [3.05, 3.63) is 0 Å². The van der Waals surface area contributed by atoms with Crippen LogP contribution in [0.25, 0.3) is 0 Å². The molecule has 0 aromatic heterocycles. The highest BCUT2D eigenvalue weighted by atomic mass is 32.2. The third-order valence-corrected chi connectivity index (χ3v) is 3.42. The highest BCUT2D eigenvalue weighted by Crippen LogP contribution is 2.06. The lowest BCUT2D eigenvalue weighted by Gasteiger charge is -2.17. The molecular formula is C11H23NO2S. The molecule has 0 spiro atoms. The second-order valence-electron chi connectivity index (χ2n) is 3.49. The Kier molecular flexibility index (Phi) is 10.2. The van der Waals surface area contributed by atoms with E-state index in [0.717, 1.165) is 44.0 Å². The summed E-state index contributed by atoms with van der Waals surface area (Å²) in [6.45, 7) is 7.75. The maximum absolute atomic E-state index is 10.2. The van der Waals surface area contributed by atoms with Crippen molar-refractivity contribution in [2.45, 2.75) is 33.1 Å². The molecule has 0 aliphatic rings. The van der Waals surface area contributed by atoms with Gasteiger partial charge in [0.25, 0.3) is 0 Å². The Labute approximate surface area is 97.2 Å². The van der Waals surface area contributed by atoms with Gasteiger partial charge in [-0.05, 0) is 31.7 Å². The Balaban J connectivity index is 3.14. The first kappa shape index (κ1) is 14.8. The van der Waals surface area contributed by atoms with Gasteiger partial charge in [0.1, 0.15) is 0 Å². The average molecular weight is 233 g/mol. The molecule has 0 heterocycles. The van der Waals surface area contributed by atoms with Gasteiger partial charge in [-0.3, -0.25) is 4.79 Å². The first-order valence-corrected chi connectivity index (χ1v) is 6.88. The van der Waals surface area contributed by atoms with Crippen LogP contribution in [0.15, 0.2) is 0 Å². The lowest BCUT2D eigenvalue weighted by Crippen LogP contribution is -2.25. The second-order valence-corrected chi connectivity index (χ2v) is 4.71. The van der Waals surface area contributed by atoms with E-state index in [0.29, 0.717) is 6.42 Å². The van der Waals surface area contributed by atoms with Crippen LogP contribution >= 0.6 is 11.8 Å². The van der Waals surface area contributed by atoms with Crippen molar-refractivity contribution >= 4 is 17.7 Å². The maximum Gasteiger partial charge on any atom is 0.303 e. The summed E-state index contributed by atoms with van der Waals surface area (Å²) in [6, 6.07) is 0. The summed E-state index contributed by atoms with van der Waals surface area (Å²) in [5.74, 6) is 1.58. The van der Waals surface area contributed by atoms with Crippen molar-refractivity contribution in [3.63, 3.8) is 0 Å². The van der Waals surface area contributed by atoms with Gasteiger partial charge in [-0.1, -0.05) is 13.8 Å².